The normalized spacial score (nSPS) is 12.8. The van der Waals surface area contributed by atoms with Crippen LogP contribution in [0.3, 0.4) is 0 Å². The van der Waals surface area contributed by atoms with E-state index in [1.54, 1.807) is 0 Å². The van der Waals surface area contributed by atoms with E-state index in [0.29, 0.717) is 0 Å². The van der Waals surface area contributed by atoms with Crippen molar-refractivity contribution in [3.8, 4) is 16.8 Å². The second kappa shape index (κ2) is 7.09. The first kappa shape index (κ1) is 19.7. The van der Waals surface area contributed by atoms with Crippen molar-refractivity contribution >= 4 is 64.1 Å². The molecular weight excluding hydrogens is 466 g/mol. The van der Waals surface area contributed by atoms with Crippen LogP contribution in [-0.4, -0.2) is 4.57 Å². The molecule has 0 fully saturated rings. The molecular formula is C35H21NS. The number of rotatable bonds is 1. The molecule has 2 heteroatoms. The maximum absolute atomic E-state index is 2.51. The van der Waals surface area contributed by atoms with Crippen LogP contribution in [0.25, 0.3) is 69.6 Å². The fourth-order valence-corrected chi connectivity index (χ4v) is 7.80. The zero-order valence-corrected chi connectivity index (χ0v) is 20.8. The van der Waals surface area contributed by atoms with E-state index in [-0.39, 0.29) is 0 Å². The minimum atomic E-state index is 1.00. The lowest BCUT2D eigenvalue weighted by Gasteiger charge is -2.12. The molecule has 9 rings (SSSR count). The van der Waals surface area contributed by atoms with Crippen molar-refractivity contribution in [2.45, 2.75) is 6.42 Å². The van der Waals surface area contributed by atoms with Gasteiger partial charge in [0.2, 0.25) is 0 Å². The summed E-state index contributed by atoms with van der Waals surface area (Å²) < 4.78 is 5.22. The third-order valence-electron chi connectivity index (χ3n) is 8.20. The Labute approximate surface area is 217 Å². The van der Waals surface area contributed by atoms with E-state index in [4.69, 9.17) is 0 Å². The lowest BCUT2D eigenvalue weighted by atomic mass is 9.97. The van der Waals surface area contributed by atoms with Crippen LogP contribution in [0, 0.1) is 0 Å². The van der Waals surface area contributed by atoms with Crippen LogP contribution < -0.4 is 0 Å². The van der Waals surface area contributed by atoms with E-state index >= 15 is 0 Å². The van der Waals surface area contributed by atoms with E-state index in [2.05, 4.69) is 120 Å². The van der Waals surface area contributed by atoms with Crippen molar-refractivity contribution in [2.24, 2.45) is 0 Å². The smallest absolute Gasteiger partial charge is 0.0548 e. The summed E-state index contributed by atoms with van der Waals surface area (Å²) in [6.07, 6.45) is 1.00. The van der Waals surface area contributed by atoms with Gasteiger partial charge in [-0.3, -0.25) is 0 Å². The van der Waals surface area contributed by atoms with Crippen LogP contribution in [-0.2, 0) is 6.42 Å². The second-order valence-electron chi connectivity index (χ2n) is 10.1. The highest BCUT2D eigenvalue weighted by Gasteiger charge is 2.26. The third kappa shape index (κ3) is 2.53. The van der Waals surface area contributed by atoms with Gasteiger partial charge in [0.05, 0.1) is 16.7 Å². The Balaban J connectivity index is 1.58. The Kier molecular flexibility index (Phi) is 3.78. The van der Waals surface area contributed by atoms with E-state index in [9.17, 15) is 0 Å². The van der Waals surface area contributed by atoms with Crippen LogP contribution in [0.5, 0.6) is 0 Å². The van der Waals surface area contributed by atoms with Gasteiger partial charge in [0, 0.05) is 36.3 Å². The number of aromatic nitrogens is 1. The minimum absolute atomic E-state index is 1.00. The summed E-state index contributed by atoms with van der Waals surface area (Å²) in [5.74, 6) is 0. The Morgan fingerprint density at radius 1 is 0.514 bits per heavy atom. The van der Waals surface area contributed by atoms with Gasteiger partial charge in [0.25, 0.3) is 0 Å². The molecule has 0 saturated heterocycles. The molecule has 0 saturated carbocycles. The monoisotopic (exact) mass is 487 g/mol. The van der Waals surface area contributed by atoms with E-state index in [1.807, 2.05) is 11.3 Å². The predicted molar refractivity (Wildman–Crippen MR) is 159 cm³/mol. The molecule has 0 amide bonds. The summed E-state index contributed by atoms with van der Waals surface area (Å²) >= 11 is 1.90. The molecule has 8 aromatic rings. The molecule has 1 aliphatic carbocycles. The van der Waals surface area contributed by atoms with Crippen LogP contribution in [0.15, 0.2) is 115 Å². The van der Waals surface area contributed by atoms with Crippen molar-refractivity contribution in [1.82, 2.24) is 4.57 Å². The van der Waals surface area contributed by atoms with Gasteiger partial charge < -0.3 is 4.57 Å². The number of hydrogen-bond acceptors (Lipinski definition) is 1. The summed E-state index contributed by atoms with van der Waals surface area (Å²) in [4.78, 5) is 0. The van der Waals surface area contributed by atoms with Crippen molar-refractivity contribution in [1.29, 1.82) is 0 Å². The molecule has 2 heterocycles. The van der Waals surface area contributed by atoms with Crippen molar-refractivity contribution in [2.75, 3.05) is 0 Å². The van der Waals surface area contributed by atoms with Crippen molar-refractivity contribution < 1.29 is 0 Å². The third-order valence-corrected chi connectivity index (χ3v) is 9.33. The summed E-state index contributed by atoms with van der Waals surface area (Å²) in [6.45, 7) is 0. The van der Waals surface area contributed by atoms with Crippen molar-refractivity contribution in [3.05, 3.63) is 126 Å². The number of hydrogen-bond donors (Lipinski definition) is 0. The van der Waals surface area contributed by atoms with Gasteiger partial charge in [-0.15, -0.1) is 11.3 Å². The molecule has 6 aromatic carbocycles. The minimum Gasteiger partial charge on any atom is -0.309 e. The molecule has 172 valence electrons. The van der Waals surface area contributed by atoms with Crippen LogP contribution >= 0.6 is 11.3 Å². The van der Waals surface area contributed by atoms with Crippen molar-refractivity contribution in [3.63, 3.8) is 0 Å². The molecule has 0 radical (unpaired) electrons. The molecule has 0 aliphatic heterocycles. The molecule has 0 unspecified atom stereocenters. The summed E-state index contributed by atoms with van der Waals surface area (Å²) in [5.41, 5.74) is 9.46. The molecule has 0 N–H and O–H groups in total. The topological polar surface area (TPSA) is 4.93 Å². The fraction of sp³-hybridized carbons (Fsp3) is 0.0286. The SMILES string of the molecule is c1ccc2c(c1)Cc1ccc3c(c1-2)c1c2c(ccc1n3-c1cccc3ccccc13)sc1ccccc12. The highest BCUT2D eigenvalue weighted by molar-refractivity contribution is 7.26. The Morgan fingerprint density at radius 3 is 2.24 bits per heavy atom. The average molecular weight is 488 g/mol. The maximum Gasteiger partial charge on any atom is 0.0548 e. The Bertz CT molecular complexity index is 2220. The fourth-order valence-electron chi connectivity index (χ4n) is 6.69. The lowest BCUT2D eigenvalue weighted by Crippen LogP contribution is -1.95. The zero-order chi connectivity index (χ0) is 24.1. The number of fused-ring (bicyclic) bond motifs is 12. The van der Waals surface area contributed by atoms with Crippen LogP contribution in [0.1, 0.15) is 11.1 Å². The standard InChI is InChI=1S/C35H21NS/c1-3-11-24-21(8-1)10-7-14-27(24)36-28-17-16-23-20-22-9-2-4-12-25(22)32(23)34(28)35-29(36)18-19-31-33(35)26-13-5-6-15-30(26)37-31/h1-19H,20H2. The van der Waals surface area contributed by atoms with E-state index in [0.717, 1.165) is 6.42 Å². The molecule has 37 heavy (non-hydrogen) atoms. The number of benzene rings is 6. The summed E-state index contributed by atoms with van der Waals surface area (Å²) in [5, 5.41) is 8.06. The molecule has 0 spiro atoms. The average Bonchev–Trinajstić information content (AvgIpc) is 3.61. The number of nitrogens with zero attached hydrogens (tertiary/aromatic N) is 1. The molecule has 0 atom stereocenters. The summed E-state index contributed by atoms with van der Waals surface area (Å²) in [7, 11) is 0. The quantitative estimate of drug-likeness (QED) is 0.217. The highest BCUT2D eigenvalue weighted by Crippen LogP contribution is 2.49. The van der Waals surface area contributed by atoms with Gasteiger partial charge in [0.15, 0.2) is 0 Å². The van der Waals surface area contributed by atoms with Crippen LogP contribution in [0.2, 0.25) is 0 Å². The first-order chi connectivity index (χ1) is 18.4. The highest BCUT2D eigenvalue weighted by atomic mass is 32.1. The lowest BCUT2D eigenvalue weighted by molar-refractivity contribution is 1.19. The van der Waals surface area contributed by atoms with Gasteiger partial charge in [-0.1, -0.05) is 84.9 Å². The molecule has 1 aliphatic rings. The Hall–Kier alpha value is -4.40. The van der Waals surface area contributed by atoms with Gasteiger partial charge in [-0.05, 0) is 64.4 Å². The zero-order valence-electron chi connectivity index (χ0n) is 20.0. The molecule has 1 nitrogen and oxygen atoms in total. The first-order valence-corrected chi connectivity index (χ1v) is 13.7. The van der Waals surface area contributed by atoms with Crippen LogP contribution in [0.4, 0.5) is 0 Å². The number of thiophene rings is 1. The second-order valence-corrected chi connectivity index (χ2v) is 11.2. The van der Waals surface area contributed by atoms with Gasteiger partial charge in [-0.25, -0.2) is 0 Å². The molecule has 0 bridgehead atoms. The van der Waals surface area contributed by atoms with Gasteiger partial charge in [0.1, 0.15) is 0 Å². The predicted octanol–water partition coefficient (Wildman–Crippen LogP) is 9.88. The van der Waals surface area contributed by atoms with Gasteiger partial charge >= 0.3 is 0 Å². The largest absolute Gasteiger partial charge is 0.309 e. The maximum atomic E-state index is 2.51. The van der Waals surface area contributed by atoms with E-state index in [1.165, 1.54) is 80.7 Å². The first-order valence-electron chi connectivity index (χ1n) is 12.8. The Morgan fingerprint density at radius 2 is 1.27 bits per heavy atom. The molecule has 2 aromatic heterocycles. The van der Waals surface area contributed by atoms with E-state index < -0.39 is 0 Å². The van der Waals surface area contributed by atoms with Gasteiger partial charge in [-0.2, -0.15) is 0 Å². The summed E-state index contributed by atoms with van der Waals surface area (Å²) in [6, 6.07) is 42.7.